The van der Waals surface area contributed by atoms with Gasteiger partial charge in [-0.15, -0.1) is 0 Å². The average molecular weight is 355 g/mol. The van der Waals surface area contributed by atoms with Gasteiger partial charge in [0.2, 0.25) is 0 Å². The van der Waals surface area contributed by atoms with Crippen LogP contribution in [0.4, 0.5) is 0 Å². The van der Waals surface area contributed by atoms with E-state index in [0.29, 0.717) is 0 Å². The van der Waals surface area contributed by atoms with Gasteiger partial charge in [0.25, 0.3) is 0 Å². The van der Waals surface area contributed by atoms with Crippen molar-refractivity contribution in [1.82, 2.24) is 8.80 Å². The van der Waals surface area contributed by atoms with Gasteiger partial charge in [-0.3, -0.25) is 0 Å². The van der Waals surface area contributed by atoms with Gasteiger partial charge in [0.05, 0.1) is 18.4 Å². The van der Waals surface area contributed by atoms with Crippen molar-refractivity contribution in [2.75, 3.05) is 6.17 Å². The largest absolute Gasteiger partial charge is 0.353 e. The van der Waals surface area contributed by atoms with Crippen LogP contribution in [0, 0.1) is 23.7 Å². The van der Waals surface area contributed by atoms with E-state index in [9.17, 15) is 0 Å². The molecule has 0 amide bonds. The summed E-state index contributed by atoms with van der Waals surface area (Å²) in [5.41, 5.74) is 0. The molecule has 22 heavy (non-hydrogen) atoms. The first-order valence-electron chi connectivity index (χ1n) is 10.1. The van der Waals surface area contributed by atoms with E-state index in [1.54, 1.807) is 6.17 Å². The standard InChI is InChI=1S/C17H38N2Si3/c1-12-7-5-8-13(2)16(12)18-11-20-19(22-21-18)17-14(3)9-6-10-15(17)4/h12-17H,5-11,20-22H2,1-4H3. The topological polar surface area (TPSA) is 6.48 Å². The Morgan fingerprint density at radius 3 is 1.64 bits per heavy atom. The minimum absolute atomic E-state index is 0.0320. The van der Waals surface area contributed by atoms with Crippen molar-refractivity contribution in [3.05, 3.63) is 0 Å². The highest BCUT2D eigenvalue weighted by Gasteiger charge is 2.38. The van der Waals surface area contributed by atoms with Gasteiger partial charge >= 0.3 is 0 Å². The van der Waals surface area contributed by atoms with E-state index in [2.05, 4.69) is 36.5 Å². The first-order valence-corrected chi connectivity index (χ1v) is 17.0. The molecule has 4 unspecified atom stereocenters. The lowest BCUT2D eigenvalue weighted by Crippen LogP contribution is -2.63. The van der Waals surface area contributed by atoms with Crippen molar-refractivity contribution < 1.29 is 0 Å². The molecule has 2 nitrogen and oxygen atoms in total. The van der Waals surface area contributed by atoms with Crippen LogP contribution in [0.25, 0.3) is 0 Å². The maximum absolute atomic E-state index is 3.19. The van der Waals surface area contributed by atoms with Crippen molar-refractivity contribution >= 4 is 28.1 Å². The van der Waals surface area contributed by atoms with Crippen molar-refractivity contribution in [2.24, 2.45) is 23.7 Å². The van der Waals surface area contributed by atoms with E-state index in [1.807, 2.05) is 0 Å². The van der Waals surface area contributed by atoms with Crippen molar-refractivity contribution in [1.29, 1.82) is 0 Å². The van der Waals surface area contributed by atoms with E-state index in [1.165, 1.54) is 38.5 Å². The van der Waals surface area contributed by atoms with Gasteiger partial charge in [0.1, 0.15) is 9.68 Å². The van der Waals surface area contributed by atoms with Gasteiger partial charge in [-0.2, -0.15) is 0 Å². The van der Waals surface area contributed by atoms with Gasteiger partial charge in [-0.25, -0.2) is 0 Å². The summed E-state index contributed by atoms with van der Waals surface area (Å²) in [6, 6.07) is 2.01. The zero-order valence-corrected chi connectivity index (χ0v) is 19.7. The lowest BCUT2D eigenvalue weighted by Gasteiger charge is -2.50. The quantitative estimate of drug-likeness (QED) is 0.691. The van der Waals surface area contributed by atoms with Crippen LogP contribution in [0.1, 0.15) is 66.2 Å². The van der Waals surface area contributed by atoms with Crippen LogP contribution in [-0.4, -0.2) is 55.1 Å². The van der Waals surface area contributed by atoms with Crippen LogP contribution in [0.3, 0.4) is 0 Å². The van der Waals surface area contributed by atoms with E-state index in [-0.39, 0.29) is 28.1 Å². The molecule has 0 aromatic heterocycles. The fourth-order valence-corrected chi connectivity index (χ4v) is 21.7. The molecule has 3 fully saturated rings. The van der Waals surface area contributed by atoms with E-state index in [0.717, 1.165) is 35.8 Å². The molecule has 0 spiro atoms. The molecule has 3 aliphatic rings. The maximum Gasteiger partial charge on any atom is 0.101 e. The van der Waals surface area contributed by atoms with Gasteiger partial charge < -0.3 is 8.80 Å². The molecule has 0 aromatic rings. The Morgan fingerprint density at radius 2 is 1.18 bits per heavy atom. The molecular weight excluding hydrogens is 316 g/mol. The first-order chi connectivity index (χ1) is 10.6. The van der Waals surface area contributed by atoms with Crippen LogP contribution < -0.4 is 0 Å². The molecule has 0 bridgehead atoms. The van der Waals surface area contributed by atoms with E-state index < -0.39 is 0 Å². The molecule has 2 saturated carbocycles. The molecule has 4 atom stereocenters. The summed E-state index contributed by atoms with van der Waals surface area (Å²) in [6.45, 7) is 10.2. The van der Waals surface area contributed by atoms with Crippen LogP contribution >= 0.6 is 0 Å². The van der Waals surface area contributed by atoms with Crippen molar-refractivity contribution in [2.45, 2.75) is 78.3 Å². The number of hydrogen-bond donors (Lipinski definition) is 0. The molecule has 1 aliphatic heterocycles. The highest BCUT2D eigenvalue weighted by atomic mass is 29.2. The third kappa shape index (κ3) is 3.63. The third-order valence-corrected chi connectivity index (χ3v) is 19.9. The van der Waals surface area contributed by atoms with Gasteiger partial charge in [-0.05, 0) is 55.5 Å². The minimum Gasteiger partial charge on any atom is -0.353 e. The molecular formula is C17H38N2Si3. The molecule has 5 heteroatoms. The summed E-state index contributed by atoms with van der Waals surface area (Å²) >= 11 is 0. The zero-order valence-electron chi connectivity index (χ0n) is 15.4. The fourth-order valence-electron chi connectivity index (χ4n) is 6.10. The highest BCUT2D eigenvalue weighted by Crippen LogP contribution is 2.35. The SMILES string of the molecule is CC1CCCC(C)C1N1C[SiH2]N(C2C(C)CCCC2C)[SiH2][SiH2]1. The second-order valence-corrected chi connectivity index (χ2v) is 16.6. The Balaban J connectivity index is 1.57. The fraction of sp³-hybridized carbons (Fsp3) is 1.00. The summed E-state index contributed by atoms with van der Waals surface area (Å²) in [5.74, 6) is 3.96. The van der Waals surface area contributed by atoms with E-state index in [4.69, 9.17) is 0 Å². The van der Waals surface area contributed by atoms with Crippen LogP contribution in [0.15, 0.2) is 0 Å². The summed E-state index contributed by atoms with van der Waals surface area (Å²) in [4.78, 5) is 0. The average Bonchev–Trinajstić information content (AvgIpc) is 2.48. The highest BCUT2D eigenvalue weighted by molar-refractivity contribution is 7.01. The van der Waals surface area contributed by atoms with Gasteiger partial charge in [-0.1, -0.05) is 40.5 Å². The minimum atomic E-state index is 0.0320. The maximum atomic E-state index is 3.19. The molecule has 0 N–H and O–H groups in total. The zero-order chi connectivity index (χ0) is 15.7. The Labute approximate surface area is 145 Å². The van der Waals surface area contributed by atoms with Crippen molar-refractivity contribution in [3.63, 3.8) is 0 Å². The van der Waals surface area contributed by atoms with Crippen LogP contribution in [-0.2, 0) is 0 Å². The number of nitrogens with zero attached hydrogens (tertiary/aromatic N) is 2. The normalized spacial score (nSPS) is 49.1. The van der Waals surface area contributed by atoms with Gasteiger partial charge in [0, 0.05) is 12.1 Å². The number of rotatable bonds is 2. The Morgan fingerprint density at radius 1 is 0.682 bits per heavy atom. The second kappa shape index (κ2) is 7.64. The molecule has 128 valence electrons. The lowest BCUT2D eigenvalue weighted by molar-refractivity contribution is 0.141. The Kier molecular flexibility index (Phi) is 6.04. The lowest BCUT2D eigenvalue weighted by atomic mass is 9.79. The van der Waals surface area contributed by atoms with Crippen molar-refractivity contribution in [3.8, 4) is 0 Å². The van der Waals surface area contributed by atoms with E-state index >= 15 is 0 Å². The second-order valence-electron chi connectivity index (χ2n) is 8.82. The predicted octanol–water partition coefficient (Wildman–Crippen LogP) is 1.38. The van der Waals surface area contributed by atoms with Crippen LogP contribution in [0.2, 0.25) is 0 Å². The molecule has 1 saturated heterocycles. The summed E-state index contributed by atoms with van der Waals surface area (Å²) in [5, 5.41) is 0. The first kappa shape index (κ1) is 17.4. The Bertz CT molecular complexity index is 306. The molecule has 1 heterocycles. The predicted molar refractivity (Wildman–Crippen MR) is 106 cm³/mol. The third-order valence-electron chi connectivity index (χ3n) is 7.16. The molecule has 0 radical (unpaired) electrons. The molecule has 3 rings (SSSR count). The van der Waals surface area contributed by atoms with Gasteiger partial charge in [0.15, 0.2) is 0 Å². The Hall–Kier alpha value is 0.571. The summed E-state index contributed by atoms with van der Waals surface area (Å²) in [6.07, 6.45) is 10.6. The number of hydrogen-bond acceptors (Lipinski definition) is 2. The molecule has 2 aliphatic carbocycles. The monoisotopic (exact) mass is 354 g/mol. The van der Waals surface area contributed by atoms with Crippen LogP contribution in [0.5, 0.6) is 0 Å². The molecule has 0 aromatic carbocycles. The summed E-state index contributed by atoms with van der Waals surface area (Å²) < 4.78 is 6.30. The smallest absolute Gasteiger partial charge is 0.101 e. The summed E-state index contributed by atoms with van der Waals surface area (Å²) in [7, 11) is 0.277.